The summed E-state index contributed by atoms with van der Waals surface area (Å²) in [5.41, 5.74) is 1.40. The molecule has 0 amide bonds. The zero-order valence-electron chi connectivity index (χ0n) is 20.3. The Morgan fingerprint density at radius 1 is 0.719 bits per heavy atom. The lowest BCUT2D eigenvalue weighted by Crippen LogP contribution is -2.39. The van der Waals surface area contributed by atoms with Crippen LogP contribution in [0.1, 0.15) is 109 Å². The summed E-state index contributed by atoms with van der Waals surface area (Å²) in [6.07, 6.45) is 18.3. The average molecular weight is 458 g/mol. The summed E-state index contributed by atoms with van der Waals surface area (Å²) in [5.74, 6) is 2.21. The van der Waals surface area contributed by atoms with Gasteiger partial charge < -0.3 is 9.05 Å². The molecule has 6 atom stereocenters. The quantitative estimate of drug-likeness (QED) is 0.414. The van der Waals surface area contributed by atoms with Crippen molar-refractivity contribution in [3.8, 4) is 0 Å². The van der Waals surface area contributed by atoms with Crippen molar-refractivity contribution in [2.75, 3.05) is 0 Å². The van der Waals surface area contributed by atoms with E-state index in [2.05, 4.69) is 48.8 Å². The Morgan fingerprint density at radius 3 is 1.84 bits per heavy atom. The predicted molar refractivity (Wildman–Crippen MR) is 133 cm³/mol. The van der Waals surface area contributed by atoms with Gasteiger partial charge in [0.1, 0.15) is 0 Å². The summed E-state index contributed by atoms with van der Waals surface area (Å²) in [7, 11) is -1.04. The molecule has 32 heavy (non-hydrogen) atoms. The van der Waals surface area contributed by atoms with E-state index in [1.807, 2.05) is 0 Å². The second-order valence-electron chi connectivity index (χ2n) is 11.0. The largest absolute Gasteiger partial charge is 0.318 e. The number of rotatable bonds is 5. The second-order valence-corrected chi connectivity index (χ2v) is 12.4. The van der Waals surface area contributed by atoms with Crippen molar-refractivity contribution in [2.45, 2.75) is 122 Å². The van der Waals surface area contributed by atoms with Gasteiger partial charge in [-0.25, -0.2) is 4.67 Å². The number of nitrogens with zero attached hydrogens (tertiary/aromatic N) is 1. The zero-order valence-corrected chi connectivity index (χ0v) is 21.2. The van der Waals surface area contributed by atoms with Crippen LogP contribution in [-0.2, 0) is 9.05 Å². The first-order valence-corrected chi connectivity index (χ1v) is 14.8. The van der Waals surface area contributed by atoms with E-state index in [-0.39, 0.29) is 0 Å². The Labute approximate surface area is 197 Å². The highest BCUT2D eigenvalue weighted by Gasteiger charge is 2.47. The molecular weight excluding hydrogens is 413 g/mol. The molecule has 3 aliphatic carbocycles. The molecule has 1 heterocycles. The highest BCUT2D eigenvalue weighted by Crippen LogP contribution is 2.59. The minimum Gasteiger partial charge on any atom is -0.318 e. The lowest BCUT2D eigenvalue weighted by Gasteiger charge is -2.44. The molecule has 1 aliphatic heterocycles. The third-order valence-electron chi connectivity index (χ3n) is 9.13. The van der Waals surface area contributed by atoms with Crippen molar-refractivity contribution in [2.24, 2.45) is 17.8 Å². The van der Waals surface area contributed by atoms with E-state index in [9.17, 15) is 0 Å². The molecule has 0 radical (unpaired) electrons. The third kappa shape index (κ3) is 4.97. The van der Waals surface area contributed by atoms with Gasteiger partial charge in [-0.15, -0.1) is 0 Å². The molecule has 0 N–H and O–H groups in total. The van der Waals surface area contributed by atoms with Crippen molar-refractivity contribution in [1.82, 2.24) is 4.67 Å². The SMILES string of the molecule is C[C@H](c1ccccc1)N([C@H](C)C1CCCCC1)P1OC2CCCCC2C2CCCCC2O1. The van der Waals surface area contributed by atoms with Gasteiger partial charge in [-0.3, -0.25) is 0 Å². The van der Waals surface area contributed by atoms with Gasteiger partial charge >= 0.3 is 0 Å². The first kappa shape index (κ1) is 23.3. The van der Waals surface area contributed by atoms with Gasteiger partial charge in [0, 0.05) is 12.1 Å². The highest BCUT2D eigenvalue weighted by atomic mass is 31.2. The Bertz CT molecular complexity index is 685. The maximum absolute atomic E-state index is 7.09. The fraction of sp³-hybridized carbons (Fsp3) is 0.786. The van der Waals surface area contributed by atoms with Gasteiger partial charge in [0.25, 0.3) is 8.53 Å². The van der Waals surface area contributed by atoms with E-state index in [0.717, 1.165) is 17.8 Å². The smallest absolute Gasteiger partial charge is 0.260 e. The number of benzene rings is 1. The van der Waals surface area contributed by atoms with E-state index in [0.29, 0.717) is 24.3 Å². The summed E-state index contributed by atoms with van der Waals surface area (Å²) in [5, 5.41) is 0. The van der Waals surface area contributed by atoms with Crippen molar-refractivity contribution >= 4 is 8.53 Å². The predicted octanol–water partition coefficient (Wildman–Crippen LogP) is 8.41. The van der Waals surface area contributed by atoms with Crippen LogP contribution in [0.5, 0.6) is 0 Å². The number of fused-ring (bicyclic) bond motifs is 3. The normalized spacial score (nSPS) is 36.0. The average Bonchev–Trinajstić information content (AvgIpc) is 3.02. The van der Waals surface area contributed by atoms with E-state index < -0.39 is 8.53 Å². The molecule has 5 rings (SSSR count). The van der Waals surface area contributed by atoms with Crippen LogP contribution in [-0.4, -0.2) is 22.9 Å². The Morgan fingerprint density at radius 2 is 1.25 bits per heavy atom. The summed E-state index contributed by atoms with van der Waals surface area (Å²) < 4.78 is 16.9. The van der Waals surface area contributed by atoms with Crippen molar-refractivity contribution in [1.29, 1.82) is 0 Å². The van der Waals surface area contributed by atoms with E-state index in [4.69, 9.17) is 9.05 Å². The summed E-state index contributed by atoms with van der Waals surface area (Å²) in [4.78, 5) is 0. The monoisotopic (exact) mass is 457 g/mol. The fourth-order valence-electron chi connectivity index (χ4n) is 7.22. The fourth-order valence-corrected chi connectivity index (χ4v) is 9.37. The van der Waals surface area contributed by atoms with Crippen LogP contribution >= 0.6 is 8.53 Å². The standard InChI is InChI=1S/C28H44NO2P/c1-21(23-13-5-3-6-14-23)29(22(2)24-15-7-4-8-16-24)32-30-27-19-11-9-17-25(27)26-18-10-12-20-28(26)31-32/h3,5-6,13-14,21-22,24-28H,4,7-12,15-20H2,1-2H3/t21-,22-,25?,26?,27?,28?,32?/m1/s1. The summed E-state index contributed by atoms with van der Waals surface area (Å²) in [6.45, 7) is 4.87. The van der Waals surface area contributed by atoms with Gasteiger partial charge in [-0.1, -0.05) is 75.3 Å². The third-order valence-corrected chi connectivity index (χ3v) is 11.1. The second kappa shape index (κ2) is 10.9. The Balaban J connectivity index is 1.46. The van der Waals surface area contributed by atoms with Crippen LogP contribution in [0, 0.1) is 17.8 Å². The number of hydrogen-bond donors (Lipinski definition) is 0. The highest BCUT2D eigenvalue weighted by molar-refractivity contribution is 7.44. The van der Waals surface area contributed by atoms with Crippen LogP contribution in [0.15, 0.2) is 30.3 Å². The molecule has 1 aromatic rings. The van der Waals surface area contributed by atoms with E-state index >= 15 is 0 Å². The van der Waals surface area contributed by atoms with Gasteiger partial charge in [0.15, 0.2) is 0 Å². The molecule has 4 aliphatic rings. The summed E-state index contributed by atoms with van der Waals surface area (Å²) in [6, 6.07) is 11.9. The maximum atomic E-state index is 7.09. The molecule has 3 saturated carbocycles. The molecule has 1 aromatic carbocycles. The summed E-state index contributed by atoms with van der Waals surface area (Å²) >= 11 is 0. The zero-order chi connectivity index (χ0) is 21.9. The Hall–Kier alpha value is -0.470. The maximum Gasteiger partial charge on any atom is 0.260 e. The van der Waals surface area contributed by atoms with Crippen molar-refractivity contribution < 1.29 is 9.05 Å². The minimum absolute atomic E-state index is 0.321. The van der Waals surface area contributed by atoms with Crippen molar-refractivity contribution in [3.63, 3.8) is 0 Å². The van der Waals surface area contributed by atoms with Crippen LogP contribution in [0.4, 0.5) is 0 Å². The molecule has 0 bridgehead atoms. The van der Waals surface area contributed by atoms with Crippen LogP contribution in [0.2, 0.25) is 0 Å². The molecule has 0 spiro atoms. The first-order valence-electron chi connectivity index (χ1n) is 13.7. The van der Waals surface area contributed by atoms with Gasteiger partial charge in [0.2, 0.25) is 0 Å². The van der Waals surface area contributed by atoms with Crippen LogP contribution < -0.4 is 0 Å². The lowest BCUT2D eigenvalue weighted by molar-refractivity contribution is 0.0346. The topological polar surface area (TPSA) is 21.7 Å². The van der Waals surface area contributed by atoms with Crippen LogP contribution in [0.25, 0.3) is 0 Å². The molecule has 4 unspecified atom stereocenters. The molecule has 178 valence electrons. The van der Waals surface area contributed by atoms with E-state index in [1.165, 1.54) is 89.0 Å². The van der Waals surface area contributed by atoms with E-state index in [1.54, 1.807) is 0 Å². The van der Waals surface area contributed by atoms with Gasteiger partial charge in [0.05, 0.1) is 12.2 Å². The molecular formula is C28H44NO2P. The van der Waals surface area contributed by atoms with Gasteiger partial charge in [-0.05, 0) is 75.7 Å². The number of hydrogen-bond acceptors (Lipinski definition) is 3. The molecule has 0 aromatic heterocycles. The molecule has 4 fully saturated rings. The van der Waals surface area contributed by atoms with Crippen LogP contribution in [0.3, 0.4) is 0 Å². The van der Waals surface area contributed by atoms with Gasteiger partial charge in [-0.2, -0.15) is 0 Å². The van der Waals surface area contributed by atoms with Crippen molar-refractivity contribution in [3.05, 3.63) is 35.9 Å². The first-order chi connectivity index (χ1) is 15.7. The molecule has 1 saturated heterocycles. The minimum atomic E-state index is -1.04. The molecule has 3 nitrogen and oxygen atoms in total. The Kier molecular flexibility index (Phi) is 7.90. The molecule has 4 heteroatoms. The lowest BCUT2D eigenvalue weighted by atomic mass is 9.71.